The van der Waals surface area contributed by atoms with Crippen LogP contribution in [0.1, 0.15) is 43.2 Å². The number of anilines is 3. The highest BCUT2D eigenvalue weighted by molar-refractivity contribution is 6.04. The van der Waals surface area contributed by atoms with Crippen LogP contribution in [0.2, 0.25) is 0 Å². The van der Waals surface area contributed by atoms with E-state index in [-0.39, 0.29) is 35.5 Å². The molecule has 10 heteroatoms. The zero-order valence-corrected chi connectivity index (χ0v) is 17.8. The van der Waals surface area contributed by atoms with Gasteiger partial charge in [0.1, 0.15) is 5.82 Å². The Morgan fingerprint density at radius 3 is 2.50 bits per heavy atom. The third-order valence-corrected chi connectivity index (χ3v) is 6.08. The van der Waals surface area contributed by atoms with Crippen molar-refractivity contribution in [2.45, 2.75) is 38.5 Å². The molecule has 2 aliphatic heterocycles. The maximum Gasteiger partial charge on any atom is 0.258 e. The number of primary amides is 1. The fourth-order valence-corrected chi connectivity index (χ4v) is 4.16. The summed E-state index contributed by atoms with van der Waals surface area (Å²) in [5.74, 6) is -1.90. The summed E-state index contributed by atoms with van der Waals surface area (Å²) in [7, 11) is 0. The van der Waals surface area contributed by atoms with Crippen LogP contribution in [-0.4, -0.2) is 40.8 Å². The molecule has 0 spiro atoms. The van der Waals surface area contributed by atoms with Gasteiger partial charge in [-0.3, -0.25) is 24.2 Å². The molecule has 0 aliphatic carbocycles. The van der Waals surface area contributed by atoms with Crippen LogP contribution >= 0.6 is 0 Å². The van der Waals surface area contributed by atoms with Gasteiger partial charge in [-0.05, 0) is 37.0 Å². The van der Waals surface area contributed by atoms with Gasteiger partial charge in [-0.25, -0.2) is 0 Å². The van der Waals surface area contributed by atoms with E-state index in [1.807, 2.05) is 24.0 Å². The lowest BCUT2D eigenvalue weighted by molar-refractivity contribution is -0.123. The Morgan fingerprint density at radius 2 is 1.88 bits per heavy atom. The van der Waals surface area contributed by atoms with Crippen LogP contribution in [0.3, 0.4) is 0 Å². The van der Waals surface area contributed by atoms with Gasteiger partial charge in [0, 0.05) is 31.1 Å². The van der Waals surface area contributed by atoms with Crippen molar-refractivity contribution in [1.82, 2.24) is 9.97 Å². The topological polar surface area (TPSA) is 150 Å². The molecule has 3 heterocycles. The van der Waals surface area contributed by atoms with E-state index in [1.165, 1.54) is 0 Å². The summed E-state index contributed by atoms with van der Waals surface area (Å²) in [5, 5.41) is 5.41. The van der Waals surface area contributed by atoms with Crippen molar-refractivity contribution in [1.29, 1.82) is 0 Å². The molecule has 1 aromatic carbocycles. The van der Waals surface area contributed by atoms with E-state index >= 15 is 0 Å². The van der Waals surface area contributed by atoms with Gasteiger partial charge < -0.3 is 21.3 Å². The van der Waals surface area contributed by atoms with E-state index in [4.69, 9.17) is 5.73 Å². The molecule has 0 unspecified atom stereocenters. The third-order valence-electron chi connectivity index (χ3n) is 6.08. The molecule has 10 nitrogen and oxygen atoms in total. The molecular weight excluding hydrogens is 412 g/mol. The number of carbonyl (C=O) groups is 3. The van der Waals surface area contributed by atoms with E-state index in [0.717, 1.165) is 12.0 Å². The van der Waals surface area contributed by atoms with Crippen LogP contribution in [0.4, 0.5) is 17.5 Å². The zero-order valence-electron chi connectivity index (χ0n) is 17.8. The molecule has 4 rings (SSSR count). The van der Waals surface area contributed by atoms with Crippen molar-refractivity contribution in [2.75, 3.05) is 28.6 Å². The van der Waals surface area contributed by atoms with Crippen molar-refractivity contribution in [3.05, 3.63) is 45.7 Å². The minimum atomic E-state index is -0.949. The van der Waals surface area contributed by atoms with Crippen molar-refractivity contribution in [3.63, 3.8) is 0 Å². The van der Waals surface area contributed by atoms with Gasteiger partial charge in [0.25, 0.3) is 5.56 Å². The molecule has 168 valence electrons. The van der Waals surface area contributed by atoms with Crippen LogP contribution in [0, 0.1) is 5.92 Å². The Balaban J connectivity index is 1.57. The Bertz CT molecular complexity index is 1100. The second-order valence-electron chi connectivity index (χ2n) is 8.16. The second kappa shape index (κ2) is 8.81. The maximum atomic E-state index is 12.9. The van der Waals surface area contributed by atoms with Crippen LogP contribution in [-0.2, 0) is 20.8 Å². The SMILES string of the molecule is CCc1ccc(NC(=O)[C@@H]2CC(=O)Nc3nc(N4CCC(C(N)=O)CC4)[nH]c(=O)c32)cc1. The first-order chi connectivity index (χ1) is 15.4. The molecule has 3 amide bonds. The normalized spacial score (nSPS) is 18.6. The fraction of sp³-hybridized carbons (Fsp3) is 0.409. The number of amides is 3. The quantitative estimate of drug-likeness (QED) is 0.549. The predicted octanol–water partition coefficient (Wildman–Crippen LogP) is 1.10. The Hall–Kier alpha value is -3.69. The van der Waals surface area contributed by atoms with Gasteiger partial charge in [-0.1, -0.05) is 19.1 Å². The van der Waals surface area contributed by atoms with E-state index in [0.29, 0.717) is 37.6 Å². The first-order valence-corrected chi connectivity index (χ1v) is 10.7. The fourth-order valence-electron chi connectivity index (χ4n) is 4.16. The summed E-state index contributed by atoms with van der Waals surface area (Å²) < 4.78 is 0. The van der Waals surface area contributed by atoms with E-state index in [2.05, 4.69) is 20.6 Å². The summed E-state index contributed by atoms with van der Waals surface area (Å²) >= 11 is 0. The summed E-state index contributed by atoms with van der Waals surface area (Å²) in [5.41, 5.74) is 6.78. The number of benzene rings is 1. The van der Waals surface area contributed by atoms with E-state index in [9.17, 15) is 19.2 Å². The third kappa shape index (κ3) is 4.34. The summed E-state index contributed by atoms with van der Waals surface area (Å²) in [4.78, 5) is 58.5. The van der Waals surface area contributed by atoms with Gasteiger partial charge in [-0.2, -0.15) is 4.98 Å². The summed E-state index contributed by atoms with van der Waals surface area (Å²) in [6.07, 6.45) is 1.86. The summed E-state index contributed by atoms with van der Waals surface area (Å²) in [6, 6.07) is 7.42. The molecule has 1 saturated heterocycles. The first kappa shape index (κ1) is 21.5. The highest BCUT2D eigenvalue weighted by Crippen LogP contribution is 2.31. The Kier molecular flexibility index (Phi) is 5.93. The number of aryl methyl sites for hydroxylation is 1. The molecule has 0 bridgehead atoms. The number of hydrogen-bond donors (Lipinski definition) is 4. The molecule has 1 aromatic heterocycles. The second-order valence-corrected chi connectivity index (χ2v) is 8.16. The highest BCUT2D eigenvalue weighted by Gasteiger charge is 2.35. The number of hydrogen-bond acceptors (Lipinski definition) is 6. The standard InChI is InChI=1S/C22H26N6O4/c1-2-12-3-5-14(6-4-12)24-20(31)15-11-16(29)25-19-17(15)21(32)27-22(26-19)28-9-7-13(8-10-28)18(23)30/h3-6,13,15H,2,7-11H2,1H3,(H2,23,30)(H,24,31)(H2,25,26,27,29,32)/t15-/m1/s1. The number of nitrogens with one attached hydrogen (secondary N) is 3. The lowest BCUT2D eigenvalue weighted by Crippen LogP contribution is -2.41. The highest BCUT2D eigenvalue weighted by atomic mass is 16.2. The monoisotopic (exact) mass is 438 g/mol. The molecule has 0 radical (unpaired) electrons. The van der Waals surface area contributed by atoms with E-state index in [1.54, 1.807) is 12.1 Å². The van der Waals surface area contributed by atoms with Crippen molar-refractivity contribution in [3.8, 4) is 0 Å². The number of H-pyrrole nitrogens is 1. The lowest BCUT2D eigenvalue weighted by Gasteiger charge is -2.32. The van der Waals surface area contributed by atoms with Crippen molar-refractivity contribution >= 4 is 35.2 Å². The number of aromatic amines is 1. The van der Waals surface area contributed by atoms with Gasteiger partial charge in [0.15, 0.2) is 0 Å². The Morgan fingerprint density at radius 1 is 1.19 bits per heavy atom. The smallest absolute Gasteiger partial charge is 0.258 e. The van der Waals surface area contributed by atoms with Crippen LogP contribution in [0.25, 0.3) is 0 Å². The van der Waals surface area contributed by atoms with Crippen LogP contribution in [0.15, 0.2) is 29.1 Å². The first-order valence-electron chi connectivity index (χ1n) is 10.7. The molecule has 0 saturated carbocycles. The number of fused-ring (bicyclic) bond motifs is 1. The Labute approximate surface area is 184 Å². The minimum absolute atomic E-state index is 0.0958. The number of carbonyl (C=O) groups excluding carboxylic acids is 3. The lowest BCUT2D eigenvalue weighted by atomic mass is 9.92. The molecule has 2 aromatic rings. The zero-order chi connectivity index (χ0) is 22.8. The molecule has 1 fully saturated rings. The van der Waals surface area contributed by atoms with Gasteiger partial charge >= 0.3 is 0 Å². The van der Waals surface area contributed by atoms with E-state index < -0.39 is 17.4 Å². The molecule has 1 atom stereocenters. The van der Waals surface area contributed by atoms with Gasteiger partial charge in [0.05, 0.1) is 11.5 Å². The number of nitrogens with zero attached hydrogens (tertiary/aromatic N) is 2. The number of rotatable bonds is 5. The van der Waals surface area contributed by atoms with Gasteiger partial charge in [-0.15, -0.1) is 0 Å². The summed E-state index contributed by atoms with van der Waals surface area (Å²) in [6.45, 7) is 3.04. The number of piperidine rings is 1. The molecule has 5 N–H and O–H groups in total. The average molecular weight is 438 g/mol. The maximum absolute atomic E-state index is 12.9. The molecule has 32 heavy (non-hydrogen) atoms. The van der Waals surface area contributed by atoms with Crippen molar-refractivity contribution in [2.24, 2.45) is 11.7 Å². The largest absolute Gasteiger partial charge is 0.369 e. The van der Waals surface area contributed by atoms with Crippen LogP contribution in [0.5, 0.6) is 0 Å². The number of nitrogens with two attached hydrogens (primary N) is 1. The van der Waals surface area contributed by atoms with Gasteiger partial charge in [0.2, 0.25) is 23.7 Å². The molecular formula is C22H26N6O4. The van der Waals surface area contributed by atoms with Crippen LogP contribution < -0.4 is 26.8 Å². The number of aromatic nitrogens is 2. The predicted molar refractivity (Wildman–Crippen MR) is 119 cm³/mol. The minimum Gasteiger partial charge on any atom is -0.369 e. The van der Waals surface area contributed by atoms with Crippen molar-refractivity contribution < 1.29 is 14.4 Å². The average Bonchev–Trinajstić information content (AvgIpc) is 2.78. The molecule has 2 aliphatic rings.